The maximum Gasteiger partial charge on any atom is 0.146 e. The van der Waals surface area contributed by atoms with Crippen molar-refractivity contribution >= 4 is 12.6 Å². The molecule has 0 saturated heterocycles. The van der Waals surface area contributed by atoms with Crippen molar-refractivity contribution in [2.75, 3.05) is 0 Å². The van der Waals surface area contributed by atoms with Gasteiger partial charge in [0.25, 0.3) is 0 Å². The van der Waals surface area contributed by atoms with Crippen LogP contribution in [-0.2, 0) is 9.59 Å². The molecular formula is C10H16O2. The molecule has 0 rings (SSSR count). The summed E-state index contributed by atoms with van der Waals surface area (Å²) in [6.07, 6.45) is 2.68. The lowest BCUT2D eigenvalue weighted by Crippen LogP contribution is -2.00. The topological polar surface area (TPSA) is 34.1 Å². The summed E-state index contributed by atoms with van der Waals surface area (Å²) in [5.74, 6) is 0.357. The third-order valence-electron chi connectivity index (χ3n) is 1.94. The first kappa shape index (κ1) is 11.1. The summed E-state index contributed by atoms with van der Waals surface area (Å²) in [7, 11) is 0. The van der Waals surface area contributed by atoms with E-state index in [0.717, 1.165) is 24.6 Å². The van der Waals surface area contributed by atoms with E-state index in [1.54, 1.807) is 0 Å². The van der Waals surface area contributed by atoms with Gasteiger partial charge in [-0.25, -0.2) is 0 Å². The van der Waals surface area contributed by atoms with Gasteiger partial charge >= 0.3 is 0 Å². The van der Waals surface area contributed by atoms with E-state index in [1.807, 2.05) is 20.8 Å². The molecule has 0 aliphatic rings. The minimum absolute atomic E-state index is 0.255. The Morgan fingerprint density at radius 3 is 2.17 bits per heavy atom. The predicted octanol–water partition coefficient (Wildman–Crippen LogP) is 2.14. The minimum Gasteiger partial charge on any atom is -0.303 e. The van der Waals surface area contributed by atoms with Gasteiger partial charge in [-0.05, 0) is 17.9 Å². The van der Waals surface area contributed by atoms with Crippen LogP contribution >= 0.6 is 0 Å². The summed E-state index contributed by atoms with van der Waals surface area (Å²) in [6, 6.07) is 0. The second kappa shape index (κ2) is 5.70. The highest BCUT2D eigenvalue weighted by molar-refractivity contribution is 5.80. The van der Waals surface area contributed by atoms with Crippen LogP contribution in [0.4, 0.5) is 0 Å². The lowest BCUT2D eigenvalue weighted by atomic mass is 9.94. The van der Waals surface area contributed by atoms with E-state index in [1.165, 1.54) is 0 Å². The monoisotopic (exact) mass is 168 g/mol. The fraction of sp³-hybridized carbons (Fsp3) is 0.600. The van der Waals surface area contributed by atoms with Crippen molar-refractivity contribution in [1.29, 1.82) is 0 Å². The van der Waals surface area contributed by atoms with Crippen molar-refractivity contribution < 1.29 is 9.59 Å². The molecule has 0 aromatic rings. The molecular weight excluding hydrogens is 152 g/mol. The normalized spacial score (nSPS) is 12.7. The predicted molar refractivity (Wildman–Crippen MR) is 48.9 cm³/mol. The molecule has 0 bridgehead atoms. The van der Waals surface area contributed by atoms with Gasteiger partial charge in [-0.1, -0.05) is 26.3 Å². The van der Waals surface area contributed by atoms with Crippen LogP contribution in [0.1, 0.15) is 33.6 Å². The summed E-state index contributed by atoms with van der Waals surface area (Å²) in [5.41, 5.74) is 1.75. The molecule has 2 nitrogen and oxygen atoms in total. The van der Waals surface area contributed by atoms with Gasteiger partial charge < -0.3 is 4.79 Å². The molecule has 0 saturated carbocycles. The van der Waals surface area contributed by atoms with Crippen LogP contribution in [0.25, 0.3) is 0 Å². The Morgan fingerprint density at radius 2 is 1.92 bits per heavy atom. The van der Waals surface area contributed by atoms with Gasteiger partial charge in [-0.2, -0.15) is 0 Å². The highest BCUT2D eigenvalue weighted by Gasteiger charge is 2.07. The summed E-state index contributed by atoms with van der Waals surface area (Å²) >= 11 is 0. The van der Waals surface area contributed by atoms with Crippen LogP contribution in [0.5, 0.6) is 0 Å². The fourth-order valence-electron chi connectivity index (χ4n) is 1.35. The van der Waals surface area contributed by atoms with Crippen LogP contribution in [0, 0.1) is 5.92 Å². The first-order chi connectivity index (χ1) is 5.67. The van der Waals surface area contributed by atoms with Crippen LogP contribution < -0.4 is 0 Å². The van der Waals surface area contributed by atoms with Gasteiger partial charge in [0.05, 0.1) is 0 Å². The molecule has 0 atom stereocenters. The molecule has 0 aromatic heterocycles. The van der Waals surface area contributed by atoms with Crippen molar-refractivity contribution in [3.05, 3.63) is 11.1 Å². The molecule has 0 aromatic carbocycles. The van der Waals surface area contributed by atoms with Gasteiger partial charge in [0.15, 0.2) is 0 Å². The van der Waals surface area contributed by atoms with E-state index < -0.39 is 0 Å². The van der Waals surface area contributed by atoms with Crippen LogP contribution in [-0.4, -0.2) is 12.6 Å². The minimum atomic E-state index is 0.255. The highest BCUT2D eigenvalue weighted by atomic mass is 16.1. The summed E-state index contributed by atoms with van der Waals surface area (Å²) in [5, 5.41) is 0. The lowest BCUT2D eigenvalue weighted by Gasteiger charge is -2.11. The van der Waals surface area contributed by atoms with Crippen molar-refractivity contribution in [1.82, 2.24) is 0 Å². The maximum absolute atomic E-state index is 10.6. The molecule has 2 heteroatoms. The Labute approximate surface area is 73.7 Å². The number of aldehydes is 2. The number of carbonyl (C=O) groups is 2. The zero-order chi connectivity index (χ0) is 9.56. The molecule has 12 heavy (non-hydrogen) atoms. The number of allylic oxidation sites excluding steroid dienone is 2. The van der Waals surface area contributed by atoms with Crippen molar-refractivity contribution in [3.63, 3.8) is 0 Å². The smallest absolute Gasteiger partial charge is 0.146 e. The van der Waals surface area contributed by atoms with Crippen LogP contribution in [0.15, 0.2) is 11.1 Å². The van der Waals surface area contributed by atoms with Gasteiger partial charge in [-0.3, -0.25) is 4.79 Å². The molecule has 0 heterocycles. The van der Waals surface area contributed by atoms with E-state index in [-0.39, 0.29) is 6.42 Å². The largest absolute Gasteiger partial charge is 0.303 e. The lowest BCUT2D eigenvalue weighted by molar-refractivity contribution is -0.109. The number of hydrogen-bond donors (Lipinski definition) is 0. The Balaban J connectivity index is 4.72. The first-order valence-electron chi connectivity index (χ1n) is 4.28. The van der Waals surface area contributed by atoms with Crippen LogP contribution in [0.2, 0.25) is 0 Å². The SMILES string of the molecule is CC/C(=C(\C=O)CC=O)C(C)C. The molecule has 0 aliphatic carbocycles. The van der Waals surface area contributed by atoms with Crippen molar-refractivity contribution in [2.45, 2.75) is 33.6 Å². The Hall–Kier alpha value is -0.920. The average molecular weight is 168 g/mol. The molecule has 0 unspecified atom stereocenters. The second-order valence-corrected chi connectivity index (χ2v) is 3.05. The zero-order valence-corrected chi connectivity index (χ0v) is 7.96. The molecule has 0 aliphatic heterocycles. The average Bonchev–Trinajstić information content (AvgIpc) is 2.03. The molecule has 0 amide bonds. The highest BCUT2D eigenvalue weighted by Crippen LogP contribution is 2.18. The van der Waals surface area contributed by atoms with Gasteiger partial charge in [0, 0.05) is 6.42 Å². The summed E-state index contributed by atoms with van der Waals surface area (Å²) in [6.45, 7) is 6.07. The fourth-order valence-corrected chi connectivity index (χ4v) is 1.35. The van der Waals surface area contributed by atoms with E-state index in [9.17, 15) is 9.59 Å². The third kappa shape index (κ3) is 2.99. The first-order valence-corrected chi connectivity index (χ1v) is 4.28. The van der Waals surface area contributed by atoms with Gasteiger partial charge in [0.2, 0.25) is 0 Å². The molecule has 0 radical (unpaired) electrons. The number of rotatable bonds is 5. The molecule has 0 fully saturated rings. The maximum atomic E-state index is 10.6. The Bertz CT molecular complexity index is 190. The number of hydrogen-bond acceptors (Lipinski definition) is 2. The van der Waals surface area contributed by atoms with Crippen molar-refractivity contribution in [2.24, 2.45) is 5.92 Å². The van der Waals surface area contributed by atoms with Crippen LogP contribution in [0.3, 0.4) is 0 Å². The van der Waals surface area contributed by atoms with Gasteiger partial charge in [-0.15, -0.1) is 0 Å². The standard InChI is InChI=1S/C10H16O2/c1-4-10(8(2)3)9(7-12)5-6-11/h6-8H,4-5H2,1-3H3/b10-9+. The molecule has 0 N–H and O–H groups in total. The number of carbonyl (C=O) groups excluding carboxylic acids is 2. The zero-order valence-electron chi connectivity index (χ0n) is 7.96. The summed E-state index contributed by atoms with van der Waals surface area (Å²) in [4.78, 5) is 20.8. The Morgan fingerprint density at radius 1 is 1.33 bits per heavy atom. The third-order valence-corrected chi connectivity index (χ3v) is 1.94. The van der Waals surface area contributed by atoms with Gasteiger partial charge in [0.1, 0.15) is 12.6 Å². The molecule has 68 valence electrons. The summed E-state index contributed by atoms with van der Waals surface area (Å²) < 4.78 is 0. The van der Waals surface area contributed by atoms with E-state index >= 15 is 0 Å². The molecule has 0 spiro atoms. The van der Waals surface area contributed by atoms with E-state index in [0.29, 0.717) is 11.5 Å². The Kier molecular flexibility index (Phi) is 5.26. The van der Waals surface area contributed by atoms with E-state index in [4.69, 9.17) is 0 Å². The van der Waals surface area contributed by atoms with Crippen molar-refractivity contribution in [3.8, 4) is 0 Å². The quantitative estimate of drug-likeness (QED) is 0.465. The van der Waals surface area contributed by atoms with E-state index in [2.05, 4.69) is 0 Å². The second-order valence-electron chi connectivity index (χ2n) is 3.05.